The monoisotopic (exact) mass is 412 g/mol. The van der Waals surface area contributed by atoms with Crippen LogP contribution in [0.25, 0.3) is 0 Å². The molecule has 0 N–H and O–H groups in total. The van der Waals surface area contributed by atoms with Gasteiger partial charge < -0.3 is 22.0 Å². The summed E-state index contributed by atoms with van der Waals surface area (Å²) in [5.41, 5.74) is 2.07. The van der Waals surface area contributed by atoms with Crippen LogP contribution in [0, 0.1) is 5.82 Å². The third-order valence-electron chi connectivity index (χ3n) is 4.24. The van der Waals surface area contributed by atoms with Gasteiger partial charge in [0.05, 0.1) is 6.61 Å². The van der Waals surface area contributed by atoms with Crippen molar-refractivity contribution in [1.82, 2.24) is 4.90 Å². The molecule has 0 bridgehead atoms. The van der Waals surface area contributed by atoms with Crippen LogP contribution in [0.4, 0.5) is 4.39 Å². The van der Waals surface area contributed by atoms with E-state index in [0.717, 1.165) is 22.1 Å². The molecule has 0 radical (unpaired) electrons. The van der Waals surface area contributed by atoms with Crippen molar-refractivity contribution in [2.45, 2.75) is 18.9 Å². The number of likely N-dealkylation sites (tertiary alicyclic amines) is 1. The second-order valence-electron chi connectivity index (χ2n) is 5.90. The zero-order chi connectivity index (χ0) is 16.1. The zero-order valence-electron chi connectivity index (χ0n) is 13.4. The summed E-state index contributed by atoms with van der Waals surface area (Å²) in [5, 5.41) is 0. The first-order valence-electron chi connectivity index (χ1n) is 8.07. The number of ether oxygens (including phenoxy) is 1. The molecule has 0 amide bonds. The van der Waals surface area contributed by atoms with E-state index in [1.54, 1.807) is 12.1 Å². The Balaban J connectivity index is 0.00000208. The molecule has 0 spiro atoms. The first-order chi connectivity index (χ1) is 11.2. The summed E-state index contributed by atoms with van der Waals surface area (Å²) >= 11 is 3.46. The van der Waals surface area contributed by atoms with Crippen molar-refractivity contribution < 1.29 is 21.5 Å². The quantitative estimate of drug-likeness (QED) is 0.716. The Labute approximate surface area is 157 Å². The molecule has 0 aliphatic carbocycles. The van der Waals surface area contributed by atoms with Crippen LogP contribution in [0.3, 0.4) is 0 Å². The van der Waals surface area contributed by atoms with E-state index < -0.39 is 0 Å². The van der Waals surface area contributed by atoms with Crippen molar-refractivity contribution in [1.29, 1.82) is 0 Å². The van der Waals surface area contributed by atoms with Crippen molar-refractivity contribution in [3.63, 3.8) is 0 Å². The van der Waals surface area contributed by atoms with Gasteiger partial charge in [-0.2, -0.15) is 0 Å². The topological polar surface area (TPSA) is 12.5 Å². The van der Waals surface area contributed by atoms with Gasteiger partial charge in [0.15, 0.2) is 0 Å². The van der Waals surface area contributed by atoms with Crippen molar-refractivity contribution >= 4 is 15.9 Å². The first kappa shape index (κ1) is 19.4. The van der Waals surface area contributed by atoms with Crippen LogP contribution in [-0.4, -0.2) is 31.1 Å². The lowest BCUT2D eigenvalue weighted by atomic mass is 10.0. The second-order valence-corrected chi connectivity index (χ2v) is 6.82. The number of hydrogen-bond donors (Lipinski definition) is 0. The van der Waals surface area contributed by atoms with Crippen molar-refractivity contribution in [2.24, 2.45) is 0 Å². The van der Waals surface area contributed by atoms with Crippen LogP contribution < -0.4 is 12.4 Å². The van der Waals surface area contributed by atoms with Crippen LogP contribution in [0.5, 0.6) is 0 Å². The molecule has 1 atom stereocenters. The summed E-state index contributed by atoms with van der Waals surface area (Å²) in [4.78, 5) is 2.43. The van der Waals surface area contributed by atoms with Gasteiger partial charge in [-0.05, 0) is 61.3 Å². The third kappa shape index (κ3) is 5.28. The minimum absolute atomic E-state index is 0. The molecule has 3 rings (SSSR count). The lowest BCUT2D eigenvalue weighted by Gasteiger charge is -2.21. The van der Waals surface area contributed by atoms with E-state index in [4.69, 9.17) is 4.74 Å². The predicted molar refractivity (Wildman–Crippen MR) is 94.0 cm³/mol. The first-order valence-corrected chi connectivity index (χ1v) is 8.86. The molecule has 2 nitrogen and oxygen atoms in total. The number of benzene rings is 2. The summed E-state index contributed by atoms with van der Waals surface area (Å²) in [6.45, 7) is 3.97. The Hall–Kier alpha value is -0.940. The molecule has 0 saturated carbocycles. The van der Waals surface area contributed by atoms with E-state index in [2.05, 4.69) is 20.8 Å². The van der Waals surface area contributed by atoms with Crippen LogP contribution in [-0.2, 0) is 4.74 Å². The highest BCUT2D eigenvalue weighted by Gasteiger charge is 2.17. The molecule has 5 heteroatoms. The van der Waals surface area contributed by atoms with E-state index in [1.807, 2.05) is 24.3 Å². The fraction of sp³-hybridized carbons (Fsp3) is 0.368. The maximum atomic E-state index is 13.2. The molecule has 130 valence electrons. The number of nitrogens with zero attached hydrogens (tertiary/aromatic N) is 1. The van der Waals surface area contributed by atoms with Gasteiger partial charge in [-0.25, -0.2) is 4.39 Å². The fourth-order valence-electron chi connectivity index (χ4n) is 2.97. The summed E-state index contributed by atoms with van der Waals surface area (Å²) in [6.07, 6.45) is 2.41. The van der Waals surface area contributed by atoms with Crippen LogP contribution in [0.2, 0.25) is 0 Å². The maximum absolute atomic E-state index is 13.2. The fourth-order valence-corrected chi connectivity index (χ4v) is 3.23. The van der Waals surface area contributed by atoms with Gasteiger partial charge in [-0.3, -0.25) is 0 Å². The van der Waals surface area contributed by atoms with Gasteiger partial charge in [0.25, 0.3) is 0 Å². The van der Waals surface area contributed by atoms with Gasteiger partial charge in [0, 0.05) is 11.0 Å². The molecular weight excluding hydrogens is 393 g/mol. The van der Waals surface area contributed by atoms with Crippen molar-refractivity contribution in [3.05, 3.63) is 69.9 Å². The molecule has 1 saturated heterocycles. The molecule has 0 aromatic heterocycles. The average molecular weight is 414 g/mol. The Morgan fingerprint density at radius 1 is 0.958 bits per heavy atom. The summed E-state index contributed by atoms with van der Waals surface area (Å²) in [6, 6.07) is 14.7. The van der Waals surface area contributed by atoms with Crippen molar-refractivity contribution in [2.75, 3.05) is 26.2 Å². The molecule has 24 heavy (non-hydrogen) atoms. The van der Waals surface area contributed by atoms with Gasteiger partial charge in [-0.15, -0.1) is 0 Å². The Morgan fingerprint density at radius 3 is 2.08 bits per heavy atom. The highest BCUT2D eigenvalue weighted by Crippen LogP contribution is 2.27. The van der Waals surface area contributed by atoms with Gasteiger partial charge in [0.2, 0.25) is 0 Å². The summed E-state index contributed by atoms with van der Waals surface area (Å²) < 4.78 is 20.4. The van der Waals surface area contributed by atoms with E-state index in [0.29, 0.717) is 6.61 Å². The summed E-state index contributed by atoms with van der Waals surface area (Å²) in [5.74, 6) is -0.222. The molecule has 1 unspecified atom stereocenters. The largest absolute Gasteiger partial charge is 1.00 e. The molecule has 2 aromatic carbocycles. The van der Waals surface area contributed by atoms with Crippen LogP contribution >= 0.6 is 15.9 Å². The minimum Gasteiger partial charge on any atom is -1.00 e. The molecule has 1 aliphatic heterocycles. The van der Waals surface area contributed by atoms with Crippen LogP contribution in [0.1, 0.15) is 30.1 Å². The van der Waals surface area contributed by atoms with E-state index in [9.17, 15) is 4.39 Å². The normalized spacial score (nSPS) is 15.9. The van der Waals surface area contributed by atoms with Crippen molar-refractivity contribution in [3.8, 4) is 0 Å². The Bertz CT molecular complexity index is 569. The van der Waals surface area contributed by atoms with E-state index in [1.165, 1.54) is 38.1 Å². The Morgan fingerprint density at radius 2 is 1.50 bits per heavy atom. The second kappa shape index (κ2) is 9.52. The van der Waals surface area contributed by atoms with Gasteiger partial charge in [-0.1, -0.05) is 40.2 Å². The zero-order valence-corrected chi connectivity index (χ0v) is 15.8. The molecule has 1 heterocycles. The Kier molecular flexibility index (Phi) is 7.69. The highest BCUT2D eigenvalue weighted by molar-refractivity contribution is 9.10. The SMILES string of the molecule is Fc1ccc(C(OCCN2CCCC2)c2ccc(Br)cc2)cc1.[Cl-]. The molecule has 1 aliphatic rings. The third-order valence-corrected chi connectivity index (χ3v) is 4.76. The average Bonchev–Trinajstić information content (AvgIpc) is 3.07. The number of hydrogen-bond acceptors (Lipinski definition) is 2. The standard InChI is InChI=1S/C19H21BrFNO.ClH/c20-17-7-3-15(4-8-17)19(16-5-9-18(21)10-6-16)23-14-13-22-11-1-2-12-22;/h3-10,19H,1-2,11-14H2;1H/p-1. The van der Waals surface area contributed by atoms with Gasteiger partial charge in [0.1, 0.15) is 11.9 Å². The summed E-state index contributed by atoms with van der Waals surface area (Å²) in [7, 11) is 0. The number of rotatable bonds is 6. The van der Waals surface area contributed by atoms with Gasteiger partial charge >= 0.3 is 0 Å². The molecule has 2 aromatic rings. The van der Waals surface area contributed by atoms with E-state index >= 15 is 0 Å². The predicted octanol–water partition coefficient (Wildman–Crippen LogP) is 1.79. The molecular formula is C19H21BrClFNO-. The van der Waals surface area contributed by atoms with E-state index in [-0.39, 0.29) is 24.3 Å². The minimum atomic E-state index is -0.222. The molecule has 1 fully saturated rings. The van der Waals surface area contributed by atoms with Crippen LogP contribution in [0.15, 0.2) is 53.0 Å². The lowest BCUT2D eigenvalue weighted by Crippen LogP contribution is -3.00. The lowest BCUT2D eigenvalue weighted by molar-refractivity contribution is -0.00000632. The smallest absolute Gasteiger partial charge is 0.123 e. The number of halogens is 3. The highest BCUT2D eigenvalue weighted by atomic mass is 79.9. The maximum Gasteiger partial charge on any atom is 0.123 e.